The maximum Gasteiger partial charge on any atom is 0.0641 e. The molecule has 15 heavy (non-hydrogen) atoms. The molecule has 0 bridgehead atoms. The van der Waals surface area contributed by atoms with Crippen LogP contribution in [-0.2, 0) is 0 Å². The van der Waals surface area contributed by atoms with Gasteiger partial charge in [-0.3, -0.25) is 0 Å². The molecule has 82 valence electrons. The lowest BCUT2D eigenvalue weighted by atomic mass is 10.1. The van der Waals surface area contributed by atoms with E-state index in [2.05, 4.69) is 0 Å². The van der Waals surface area contributed by atoms with E-state index < -0.39 is 6.04 Å². The summed E-state index contributed by atoms with van der Waals surface area (Å²) in [6, 6.07) is 4.67. The lowest BCUT2D eigenvalue weighted by Gasteiger charge is -2.11. The summed E-state index contributed by atoms with van der Waals surface area (Å²) in [5.74, 6) is 0. The SMILES string of the molecule is Cl.N#CC[C@@H](N)c1cc(Cl)cc(Cl)c1Cl. The van der Waals surface area contributed by atoms with Gasteiger partial charge in [0.25, 0.3) is 0 Å². The van der Waals surface area contributed by atoms with E-state index >= 15 is 0 Å². The third-order valence-corrected chi connectivity index (χ3v) is 2.77. The molecule has 1 rings (SSSR count). The number of benzene rings is 1. The number of hydrogen-bond donors (Lipinski definition) is 1. The highest BCUT2D eigenvalue weighted by Gasteiger charge is 2.13. The second-order valence-corrected chi connectivity index (χ2v) is 3.98. The van der Waals surface area contributed by atoms with E-state index in [9.17, 15) is 0 Å². The molecule has 0 saturated heterocycles. The van der Waals surface area contributed by atoms with Crippen LogP contribution in [0.3, 0.4) is 0 Å². The zero-order chi connectivity index (χ0) is 10.7. The Morgan fingerprint density at radius 3 is 2.47 bits per heavy atom. The minimum atomic E-state index is -0.455. The standard InChI is InChI=1S/C9H7Cl3N2.ClH/c10-5-3-6(8(14)1-2-13)9(12)7(11)4-5;/h3-4,8H,1,14H2;1H/t8-;/m1./s1. The zero-order valence-electron chi connectivity index (χ0n) is 7.51. The summed E-state index contributed by atoms with van der Waals surface area (Å²) in [4.78, 5) is 0. The Hall–Kier alpha value is -0.170. The summed E-state index contributed by atoms with van der Waals surface area (Å²) >= 11 is 17.5. The summed E-state index contributed by atoms with van der Waals surface area (Å²) < 4.78 is 0. The van der Waals surface area contributed by atoms with Gasteiger partial charge in [-0.15, -0.1) is 12.4 Å². The minimum Gasteiger partial charge on any atom is -0.323 e. The van der Waals surface area contributed by atoms with Crippen LogP contribution in [0.4, 0.5) is 0 Å². The van der Waals surface area contributed by atoms with Gasteiger partial charge in [-0.2, -0.15) is 5.26 Å². The molecule has 1 aromatic carbocycles. The number of halogens is 4. The van der Waals surface area contributed by atoms with E-state index in [1.54, 1.807) is 6.07 Å². The fraction of sp³-hybridized carbons (Fsp3) is 0.222. The molecule has 0 heterocycles. The van der Waals surface area contributed by atoms with Gasteiger partial charge in [0, 0.05) is 11.1 Å². The third-order valence-electron chi connectivity index (χ3n) is 1.73. The number of nitriles is 1. The van der Waals surface area contributed by atoms with E-state index in [0.29, 0.717) is 20.6 Å². The van der Waals surface area contributed by atoms with E-state index in [-0.39, 0.29) is 18.8 Å². The maximum atomic E-state index is 8.49. The second-order valence-electron chi connectivity index (χ2n) is 2.76. The van der Waals surface area contributed by atoms with Crippen molar-refractivity contribution in [3.8, 4) is 6.07 Å². The Labute approximate surface area is 109 Å². The molecule has 0 aliphatic carbocycles. The highest BCUT2D eigenvalue weighted by Crippen LogP contribution is 2.33. The molecule has 0 spiro atoms. The molecule has 1 aromatic rings. The van der Waals surface area contributed by atoms with Crippen molar-refractivity contribution in [3.05, 3.63) is 32.8 Å². The molecule has 0 amide bonds. The van der Waals surface area contributed by atoms with Gasteiger partial charge in [0.15, 0.2) is 0 Å². The summed E-state index contributed by atoms with van der Waals surface area (Å²) in [7, 11) is 0. The van der Waals surface area contributed by atoms with Crippen LogP contribution < -0.4 is 5.73 Å². The van der Waals surface area contributed by atoms with Crippen LogP contribution in [0.15, 0.2) is 12.1 Å². The molecule has 0 aromatic heterocycles. The highest BCUT2D eigenvalue weighted by atomic mass is 35.5. The quantitative estimate of drug-likeness (QED) is 0.836. The maximum absolute atomic E-state index is 8.49. The molecule has 2 N–H and O–H groups in total. The number of nitrogens with zero attached hydrogens (tertiary/aromatic N) is 1. The van der Waals surface area contributed by atoms with Gasteiger partial charge >= 0.3 is 0 Å². The number of hydrogen-bond acceptors (Lipinski definition) is 2. The van der Waals surface area contributed by atoms with Crippen molar-refractivity contribution in [3.63, 3.8) is 0 Å². The first-order valence-electron chi connectivity index (χ1n) is 3.83. The van der Waals surface area contributed by atoms with Crippen LogP contribution in [0.5, 0.6) is 0 Å². The van der Waals surface area contributed by atoms with Crippen LogP contribution in [0, 0.1) is 11.3 Å². The van der Waals surface area contributed by atoms with E-state index in [4.69, 9.17) is 45.8 Å². The van der Waals surface area contributed by atoms with Crippen LogP contribution in [0.1, 0.15) is 18.0 Å². The molecule has 0 radical (unpaired) electrons. The van der Waals surface area contributed by atoms with Crippen molar-refractivity contribution in [1.29, 1.82) is 5.26 Å². The molecule has 6 heteroatoms. The third kappa shape index (κ3) is 3.71. The molecule has 0 fully saturated rings. The molecule has 2 nitrogen and oxygen atoms in total. The Morgan fingerprint density at radius 1 is 1.33 bits per heavy atom. The lowest BCUT2D eigenvalue weighted by molar-refractivity contribution is 0.749. The van der Waals surface area contributed by atoms with Crippen molar-refractivity contribution in [1.82, 2.24) is 0 Å². The number of rotatable bonds is 2. The summed E-state index contributed by atoms with van der Waals surface area (Å²) in [5.41, 5.74) is 6.32. The average molecular weight is 286 g/mol. The highest BCUT2D eigenvalue weighted by molar-refractivity contribution is 6.43. The van der Waals surface area contributed by atoms with Gasteiger partial charge in [0.2, 0.25) is 0 Å². The van der Waals surface area contributed by atoms with Gasteiger partial charge in [0.1, 0.15) is 0 Å². The summed E-state index contributed by atoms with van der Waals surface area (Å²) in [6.07, 6.45) is 0.177. The molecule has 1 atom stereocenters. The normalized spacial score (nSPS) is 11.4. The smallest absolute Gasteiger partial charge is 0.0641 e. The summed E-state index contributed by atoms with van der Waals surface area (Å²) in [6.45, 7) is 0. The Bertz CT molecular complexity index is 386. The Morgan fingerprint density at radius 2 is 1.93 bits per heavy atom. The van der Waals surface area contributed by atoms with Gasteiger partial charge in [-0.05, 0) is 17.7 Å². The van der Waals surface area contributed by atoms with Gasteiger partial charge in [0.05, 0.1) is 22.5 Å². The van der Waals surface area contributed by atoms with Crippen LogP contribution in [-0.4, -0.2) is 0 Å². The first-order chi connectivity index (χ1) is 6.56. The van der Waals surface area contributed by atoms with Crippen LogP contribution >= 0.6 is 47.2 Å². The first kappa shape index (κ1) is 14.8. The fourth-order valence-corrected chi connectivity index (χ4v) is 1.81. The minimum absolute atomic E-state index is 0. The van der Waals surface area contributed by atoms with Crippen molar-refractivity contribution in [2.24, 2.45) is 5.73 Å². The molecule has 0 aliphatic heterocycles. The molecule has 0 aliphatic rings. The van der Waals surface area contributed by atoms with Crippen LogP contribution in [0.2, 0.25) is 15.1 Å². The van der Waals surface area contributed by atoms with Crippen molar-refractivity contribution >= 4 is 47.2 Å². The zero-order valence-corrected chi connectivity index (χ0v) is 10.6. The first-order valence-corrected chi connectivity index (χ1v) is 4.96. The molecule has 0 unspecified atom stereocenters. The lowest BCUT2D eigenvalue weighted by Crippen LogP contribution is -2.10. The van der Waals surface area contributed by atoms with E-state index in [0.717, 1.165) is 0 Å². The van der Waals surface area contributed by atoms with E-state index in [1.807, 2.05) is 6.07 Å². The number of nitrogens with two attached hydrogens (primary N) is 1. The molecular weight excluding hydrogens is 278 g/mol. The monoisotopic (exact) mass is 284 g/mol. The Kier molecular flexibility index (Phi) is 6.35. The predicted molar refractivity (Wildman–Crippen MR) is 65.9 cm³/mol. The van der Waals surface area contributed by atoms with Gasteiger partial charge in [-0.1, -0.05) is 34.8 Å². The van der Waals surface area contributed by atoms with E-state index in [1.165, 1.54) is 6.07 Å². The molecular formula is C9H8Cl4N2. The van der Waals surface area contributed by atoms with Crippen molar-refractivity contribution < 1.29 is 0 Å². The largest absolute Gasteiger partial charge is 0.323 e. The van der Waals surface area contributed by atoms with Crippen molar-refractivity contribution in [2.45, 2.75) is 12.5 Å². The predicted octanol–water partition coefficient (Wildman–Crippen LogP) is 3.98. The Balaban J connectivity index is 0.00000196. The second kappa shape index (κ2) is 6.42. The average Bonchev–Trinajstić information content (AvgIpc) is 2.11. The summed E-state index contributed by atoms with van der Waals surface area (Å²) in [5, 5.41) is 9.66. The fourth-order valence-electron chi connectivity index (χ4n) is 1.05. The van der Waals surface area contributed by atoms with Crippen molar-refractivity contribution in [2.75, 3.05) is 0 Å². The topological polar surface area (TPSA) is 49.8 Å². The molecule has 0 saturated carbocycles. The van der Waals surface area contributed by atoms with Crippen LogP contribution in [0.25, 0.3) is 0 Å². The van der Waals surface area contributed by atoms with Gasteiger partial charge < -0.3 is 5.73 Å². The van der Waals surface area contributed by atoms with Gasteiger partial charge in [-0.25, -0.2) is 0 Å².